The molecule has 0 spiro atoms. The van der Waals surface area contributed by atoms with E-state index in [4.69, 9.17) is 26.1 Å². The minimum absolute atomic E-state index is 0.0312. The van der Waals surface area contributed by atoms with Gasteiger partial charge in [-0.15, -0.1) is 11.3 Å². The van der Waals surface area contributed by atoms with Crippen LogP contribution in [0, 0.1) is 0 Å². The number of amides is 1. The number of anilines is 1. The number of nitrogens with zero attached hydrogens (tertiary/aromatic N) is 2. The monoisotopic (exact) mass is 504 g/mol. The van der Waals surface area contributed by atoms with E-state index >= 15 is 0 Å². The van der Waals surface area contributed by atoms with Gasteiger partial charge in [0.1, 0.15) is 11.5 Å². The van der Waals surface area contributed by atoms with Gasteiger partial charge in [0.15, 0.2) is 6.61 Å². The van der Waals surface area contributed by atoms with Crippen LogP contribution in [0.2, 0.25) is 5.02 Å². The summed E-state index contributed by atoms with van der Waals surface area (Å²) in [7, 11) is 0. The number of thiazole rings is 1. The lowest BCUT2D eigenvalue weighted by Crippen LogP contribution is -2.39. The first-order chi connectivity index (χ1) is 17.2. The first-order valence-electron chi connectivity index (χ1n) is 11.6. The van der Waals surface area contributed by atoms with Crippen LogP contribution in [-0.4, -0.2) is 30.6 Å². The fourth-order valence-corrected chi connectivity index (χ4v) is 4.96. The zero-order valence-corrected chi connectivity index (χ0v) is 20.7. The Hall–Kier alpha value is -3.35. The summed E-state index contributed by atoms with van der Waals surface area (Å²) in [6, 6.07) is 23.6. The van der Waals surface area contributed by atoms with Gasteiger partial charge < -0.3 is 14.4 Å². The number of carbonyl (C=O) groups is 1. The van der Waals surface area contributed by atoms with Crippen molar-refractivity contribution in [3.63, 3.8) is 0 Å². The predicted molar refractivity (Wildman–Crippen MR) is 141 cm³/mol. The van der Waals surface area contributed by atoms with E-state index in [0.717, 1.165) is 52.7 Å². The molecule has 0 radical (unpaired) electrons. The summed E-state index contributed by atoms with van der Waals surface area (Å²) in [5.74, 6) is 1.49. The van der Waals surface area contributed by atoms with E-state index < -0.39 is 0 Å². The molecule has 0 N–H and O–H groups in total. The summed E-state index contributed by atoms with van der Waals surface area (Å²) in [4.78, 5) is 19.3. The fraction of sp³-hybridized carbons (Fsp3) is 0.214. The zero-order chi connectivity index (χ0) is 24.0. The van der Waals surface area contributed by atoms with E-state index in [1.165, 1.54) is 5.56 Å². The largest absolute Gasteiger partial charge is 0.494 e. The second-order valence-corrected chi connectivity index (χ2v) is 9.69. The maximum Gasteiger partial charge on any atom is 0.265 e. The Bertz CT molecular complexity index is 1290. The molecule has 1 aliphatic rings. The van der Waals surface area contributed by atoms with Crippen molar-refractivity contribution < 1.29 is 14.3 Å². The number of ether oxygens (including phenoxy) is 2. The van der Waals surface area contributed by atoms with Gasteiger partial charge in [0, 0.05) is 28.9 Å². The van der Waals surface area contributed by atoms with Crippen LogP contribution in [0.4, 0.5) is 5.69 Å². The molecule has 3 aromatic carbocycles. The lowest BCUT2D eigenvalue weighted by Gasteiger charge is -2.29. The van der Waals surface area contributed by atoms with Crippen molar-refractivity contribution in [1.29, 1.82) is 0 Å². The van der Waals surface area contributed by atoms with Gasteiger partial charge in [0.25, 0.3) is 5.91 Å². The molecule has 35 heavy (non-hydrogen) atoms. The summed E-state index contributed by atoms with van der Waals surface area (Å²) in [6.45, 7) is 1.25. The molecule has 0 bridgehead atoms. The fourth-order valence-electron chi connectivity index (χ4n) is 3.99. The van der Waals surface area contributed by atoms with Gasteiger partial charge >= 0.3 is 0 Å². The highest BCUT2D eigenvalue weighted by atomic mass is 35.5. The maximum absolute atomic E-state index is 12.7. The Balaban J connectivity index is 1.23. The van der Waals surface area contributed by atoms with Gasteiger partial charge in [0.2, 0.25) is 0 Å². The third-order valence-corrected chi connectivity index (χ3v) is 6.91. The zero-order valence-electron chi connectivity index (χ0n) is 19.2. The lowest BCUT2D eigenvalue weighted by molar-refractivity contribution is -0.121. The highest BCUT2D eigenvalue weighted by Crippen LogP contribution is 2.36. The summed E-state index contributed by atoms with van der Waals surface area (Å²) in [5.41, 5.74) is 3.94. The van der Waals surface area contributed by atoms with Crippen LogP contribution in [0.5, 0.6) is 11.5 Å². The average Bonchev–Trinajstić information content (AvgIpc) is 3.35. The molecule has 1 aromatic heterocycles. The van der Waals surface area contributed by atoms with Gasteiger partial charge in [-0.05, 0) is 60.9 Å². The molecule has 0 saturated carbocycles. The topological polar surface area (TPSA) is 51.7 Å². The van der Waals surface area contributed by atoms with Crippen LogP contribution in [-0.2, 0) is 11.2 Å². The van der Waals surface area contributed by atoms with Crippen LogP contribution >= 0.6 is 22.9 Å². The van der Waals surface area contributed by atoms with Gasteiger partial charge in [-0.2, -0.15) is 0 Å². The molecule has 0 fully saturated rings. The Labute approximate surface area is 213 Å². The summed E-state index contributed by atoms with van der Waals surface area (Å²) in [5, 5.41) is 3.82. The summed E-state index contributed by atoms with van der Waals surface area (Å²) < 4.78 is 11.5. The molecule has 5 nitrogen and oxygen atoms in total. The number of halogens is 1. The molecule has 7 heteroatoms. The first kappa shape index (κ1) is 23.4. The van der Waals surface area contributed by atoms with Gasteiger partial charge in [0.05, 0.1) is 23.0 Å². The number of unbranched alkanes of at least 4 members (excludes halogenated alkanes) is 1. The standard InChI is InChI=1S/C28H25ClN2O3S/c29-22-9-11-23(12-10-22)33-15-5-4-14-31-25-17-21(8-13-26(25)34-18-28(31)32)24-19-35-27(30-24)16-20-6-2-1-3-7-20/h1-3,6-13,17,19H,4-5,14-16,18H2. The van der Waals surface area contributed by atoms with E-state index in [2.05, 4.69) is 17.5 Å². The van der Waals surface area contributed by atoms with Crippen molar-refractivity contribution in [2.75, 3.05) is 24.7 Å². The van der Waals surface area contributed by atoms with Crippen LogP contribution in [0.1, 0.15) is 23.4 Å². The van der Waals surface area contributed by atoms with E-state index in [-0.39, 0.29) is 12.5 Å². The first-order valence-corrected chi connectivity index (χ1v) is 12.9. The molecular formula is C28H25ClN2O3S. The van der Waals surface area contributed by atoms with E-state index in [1.54, 1.807) is 11.3 Å². The molecule has 0 saturated heterocycles. The second kappa shape index (κ2) is 10.9. The van der Waals surface area contributed by atoms with Crippen molar-refractivity contribution in [2.24, 2.45) is 0 Å². The van der Waals surface area contributed by atoms with Crippen molar-refractivity contribution in [2.45, 2.75) is 19.3 Å². The summed E-state index contributed by atoms with van der Waals surface area (Å²) in [6.07, 6.45) is 2.46. The van der Waals surface area contributed by atoms with Crippen LogP contribution in [0.3, 0.4) is 0 Å². The van der Waals surface area contributed by atoms with Crippen molar-refractivity contribution in [3.05, 3.63) is 93.8 Å². The van der Waals surface area contributed by atoms with Crippen molar-refractivity contribution in [1.82, 2.24) is 4.98 Å². The van der Waals surface area contributed by atoms with Gasteiger partial charge in [-0.3, -0.25) is 4.79 Å². The van der Waals surface area contributed by atoms with E-state index in [1.807, 2.05) is 65.6 Å². The quantitative estimate of drug-likeness (QED) is 0.240. The molecule has 1 aliphatic heterocycles. The molecule has 0 atom stereocenters. The average molecular weight is 505 g/mol. The molecule has 4 aromatic rings. The Morgan fingerprint density at radius 2 is 1.86 bits per heavy atom. The van der Waals surface area contributed by atoms with E-state index in [0.29, 0.717) is 18.2 Å². The SMILES string of the molecule is O=C1COc2ccc(-c3csc(Cc4ccccc4)n3)cc2N1CCCCOc1ccc(Cl)cc1. The Morgan fingerprint density at radius 1 is 1.03 bits per heavy atom. The Kier molecular flexibility index (Phi) is 7.31. The van der Waals surface area contributed by atoms with Crippen LogP contribution in [0.25, 0.3) is 11.3 Å². The maximum atomic E-state index is 12.7. The molecule has 0 aliphatic carbocycles. The number of fused-ring (bicyclic) bond motifs is 1. The highest BCUT2D eigenvalue weighted by molar-refractivity contribution is 7.10. The number of hydrogen-bond acceptors (Lipinski definition) is 5. The molecule has 0 unspecified atom stereocenters. The molecule has 2 heterocycles. The highest BCUT2D eigenvalue weighted by Gasteiger charge is 2.26. The third kappa shape index (κ3) is 5.84. The predicted octanol–water partition coefficient (Wildman–Crippen LogP) is 6.64. The summed E-state index contributed by atoms with van der Waals surface area (Å²) >= 11 is 7.57. The normalized spacial score (nSPS) is 12.8. The minimum Gasteiger partial charge on any atom is -0.494 e. The number of hydrogen-bond donors (Lipinski definition) is 0. The third-order valence-electron chi connectivity index (χ3n) is 5.81. The lowest BCUT2D eigenvalue weighted by atomic mass is 10.1. The second-order valence-electron chi connectivity index (χ2n) is 8.31. The van der Waals surface area contributed by atoms with E-state index in [9.17, 15) is 4.79 Å². The van der Waals surface area contributed by atoms with Gasteiger partial charge in [-0.1, -0.05) is 41.9 Å². The minimum atomic E-state index is -0.0312. The van der Waals surface area contributed by atoms with Crippen molar-refractivity contribution in [3.8, 4) is 22.8 Å². The number of carbonyl (C=O) groups excluding carboxylic acids is 1. The number of rotatable bonds is 9. The molecule has 178 valence electrons. The number of benzene rings is 3. The smallest absolute Gasteiger partial charge is 0.265 e. The van der Waals surface area contributed by atoms with Crippen LogP contribution in [0.15, 0.2) is 78.2 Å². The molecular weight excluding hydrogens is 480 g/mol. The molecule has 5 rings (SSSR count). The molecule has 1 amide bonds. The van der Waals surface area contributed by atoms with Crippen molar-refractivity contribution >= 4 is 34.5 Å². The van der Waals surface area contributed by atoms with Crippen LogP contribution < -0.4 is 14.4 Å². The Morgan fingerprint density at radius 3 is 2.69 bits per heavy atom. The van der Waals surface area contributed by atoms with Gasteiger partial charge in [-0.25, -0.2) is 4.98 Å². The number of aromatic nitrogens is 1.